The van der Waals surface area contributed by atoms with Crippen LogP contribution in [0.5, 0.6) is 0 Å². The third-order valence-corrected chi connectivity index (χ3v) is 4.92. The van der Waals surface area contributed by atoms with E-state index in [2.05, 4.69) is 36.6 Å². The first-order chi connectivity index (χ1) is 8.19. The summed E-state index contributed by atoms with van der Waals surface area (Å²) < 4.78 is 0. The molecular weight excluding hydrogens is 228 g/mol. The Bertz CT molecular complexity index is 340. The predicted octanol–water partition coefficient (Wildman–Crippen LogP) is 3.41. The van der Waals surface area contributed by atoms with Gasteiger partial charge in [-0.05, 0) is 38.6 Å². The van der Waals surface area contributed by atoms with E-state index >= 15 is 0 Å². The lowest BCUT2D eigenvalue weighted by atomic mass is 9.78. The molecule has 2 nitrogen and oxygen atoms in total. The van der Waals surface area contributed by atoms with E-state index in [9.17, 15) is 0 Å². The molecule has 1 unspecified atom stereocenters. The molecule has 0 radical (unpaired) electrons. The summed E-state index contributed by atoms with van der Waals surface area (Å²) in [5.74, 6) is 1.78. The highest BCUT2D eigenvalue weighted by Crippen LogP contribution is 2.31. The van der Waals surface area contributed by atoms with Crippen molar-refractivity contribution in [1.29, 1.82) is 0 Å². The number of rotatable bonds is 4. The number of nitrogens with one attached hydrogen (secondary N) is 1. The summed E-state index contributed by atoms with van der Waals surface area (Å²) >= 11 is 1.77. The van der Waals surface area contributed by atoms with Crippen molar-refractivity contribution in [1.82, 2.24) is 10.3 Å². The second-order valence-corrected chi connectivity index (χ2v) is 6.54. The Labute approximate surface area is 109 Å². The molecule has 1 aromatic heterocycles. The van der Waals surface area contributed by atoms with E-state index in [0.717, 1.165) is 18.3 Å². The molecule has 1 heterocycles. The Morgan fingerprint density at radius 3 is 2.65 bits per heavy atom. The highest BCUT2D eigenvalue weighted by atomic mass is 32.1. The van der Waals surface area contributed by atoms with Crippen molar-refractivity contribution in [3.63, 3.8) is 0 Å². The fraction of sp³-hybridized carbons (Fsp3) is 0.786. The average Bonchev–Trinajstić information content (AvgIpc) is 2.73. The van der Waals surface area contributed by atoms with Crippen LogP contribution in [0.25, 0.3) is 0 Å². The van der Waals surface area contributed by atoms with Crippen LogP contribution in [0.3, 0.4) is 0 Å². The van der Waals surface area contributed by atoms with Gasteiger partial charge >= 0.3 is 0 Å². The number of hydrogen-bond donors (Lipinski definition) is 1. The van der Waals surface area contributed by atoms with Crippen LogP contribution in [-0.2, 0) is 6.42 Å². The second-order valence-electron chi connectivity index (χ2n) is 5.48. The van der Waals surface area contributed by atoms with Crippen molar-refractivity contribution >= 4 is 11.3 Å². The second kappa shape index (κ2) is 5.96. The highest BCUT2D eigenvalue weighted by molar-refractivity contribution is 7.09. The maximum Gasteiger partial charge on any atom is 0.0897 e. The summed E-state index contributed by atoms with van der Waals surface area (Å²) in [7, 11) is 2.10. The molecule has 1 N–H and O–H groups in total. The number of aromatic nitrogens is 1. The molecule has 3 heteroatoms. The zero-order valence-electron chi connectivity index (χ0n) is 11.2. The summed E-state index contributed by atoms with van der Waals surface area (Å²) in [6.45, 7) is 4.47. The van der Waals surface area contributed by atoms with Gasteiger partial charge in [-0.25, -0.2) is 4.98 Å². The topological polar surface area (TPSA) is 24.9 Å². The van der Waals surface area contributed by atoms with E-state index in [1.807, 2.05) is 0 Å². The van der Waals surface area contributed by atoms with Crippen molar-refractivity contribution in [2.75, 3.05) is 7.05 Å². The van der Waals surface area contributed by atoms with Gasteiger partial charge < -0.3 is 5.32 Å². The number of aryl methyl sites for hydroxylation is 1. The molecule has 1 atom stereocenters. The van der Waals surface area contributed by atoms with Crippen LogP contribution in [0.1, 0.15) is 43.3 Å². The number of thiazole rings is 1. The van der Waals surface area contributed by atoms with E-state index in [-0.39, 0.29) is 0 Å². The third-order valence-electron chi connectivity index (χ3n) is 4.10. The molecule has 17 heavy (non-hydrogen) atoms. The average molecular weight is 252 g/mol. The Hall–Kier alpha value is -0.410. The van der Waals surface area contributed by atoms with E-state index in [1.54, 1.807) is 11.3 Å². The van der Waals surface area contributed by atoms with Crippen LogP contribution in [0, 0.1) is 18.8 Å². The largest absolute Gasteiger partial charge is 0.316 e. The zero-order valence-corrected chi connectivity index (χ0v) is 12.0. The summed E-state index contributed by atoms with van der Waals surface area (Å²) in [4.78, 5) is 4.59. The van der Waals surface area contributed by atoms with Gasteiger partial charge in [-0.2, -0.15) is 0 Å². The van der Waals surface area contributed by atoms with Crippen LogP contribution in [0.15, 0.2) is 5.38 Å². The van der Waals surface area contributed by atoms with Crippen LogP contribution in [0.4, 0.5) is 0 Å². The fourth-order valence-electron chi connectivity index (χ4n) is 2.92. The van der Waals surface area contributed by atoms with E-state index in [0.29, 0.717) is 6.04 Å². The lowest BCUT2D eigenvalue weighted by Gasteiger charge is -2.32. The maximum absolute atomic E-state index is 4.59. The molecule has 0 saturated heterocycles. The van der Waals surface area contributed by atoms with Gasteiger partial charge in [0.1, 0.15) is 0 Å². The van der Waals surface area contributed by atoms with Crippen LogP contribution in [-0.4, -0.2) is 18.1 Å². The molecular formula is C14H24N2S. The first-order valence-corrected chi connectivity index (χ1v) is 7.65. The van der Waals surface area contributed by atoms with E-state index in [4.69, 9.17) is 0 Å². The molecule has 2 rings (SSSR count). The molecule has 0 spiro atoms. The van der Waals surface area contributed by atoms with E-state index in [1.165, 1.54) is 36.4 Å². The molecule has 1 aliphatic rings. The minimum absolute atomic E-state index is 0.615. The van der Waals surface area contributed by atoms with Crippen LogP contribution < -0.4 is 5.32 Å². The lowest BCUT2D eigenvalue weighted by Crippen LogP contribution is -2.37. The molecule has 1 fully saturated rings. The molecule has 1 aliphatic carbocycles. The zero-order chi connectivity index (χ0) is 12.3. The third kappa shape index (κ3) is 3.52. The summed E-state index contributed by atoms with van der Waals surface area (Å²) in [5, 5.41) is 6.91. The van der Waals surface area contributed by atoms with Gasteiger partial charge in [-0.3, -0.25) is 0 Å². The van der Waals surface area contributed by atoms with Gasteiger partial charge in [0.2, 0.25) is 0 Å². The Morgan fingerprint density at radius 2 is 2.12 bits per heavy atom. The van der Waals surface area contributed by atoms with Gasteiger partial charge in [0.15, 0.2) is 0 Å². The van der Waals surface area contributed by atoms with Crippen molar-refractivity contribution in [3.05, 3.63) is 16.1 Å². The lowest BCUT2D eigenvalue weighted by molar-refractivity contribution is 0.234. The SMILES string of the molecule is CNC(Cc1csc(C)n1)C1CCC(C)CC1. The van der Waals surface area contributed by atoms with Crippen molar-refractivity contribution in [2.24, 2.45) is 11.8 Å². The van der Waals surface area contributed by atoms with E-state index < -0.39 is 0 Å². The maximum atomic E-state index is 4.59. The van der Waals surface area contributed by atoms with Crippen LogP contribution >= 0.6 is 11.3 Å². The van der Waals surface area contributed by atoms with Crippen molar-refractivity contribution in [2.45, 2.75) is 52.0 Å². The number of nitrogens with zero attached hydrogens (tertiary/aromatic N) is 1. The molecule has 1 saturated carbocycles. The smallest absolute Gasteiger partial charge is 0.0897 e. The monoisotopic (exact) mass is 252 g/mol. The summed E-state index contributed by atoms with van der Waals surface area (Å²) in [6.07, 6.45) is 6.67. The molecule has 0 amide bonds. The summed E-state index contributed by atoms with van der Waals surface area (Å²) in [6, 6.07) is 0.615. The van der Waals surface area contributed by atoms with Crippen molar-refractivity contribution < 1.29 is 0 Å². The molecule has 0 aromatic carbocycles. The molecule has 1 aromatic rings. The normalized spacial score (nSPS) is 27.0. The Morgan fingerprint density at radius 1 is 1.41 bits per heavy atom. The van der Waals surface area contributed by atoms with Gasteiger partial charge in [0.25, 0.3) is 0 Å². The molecule has 0 aliphatic heterocycles. The molecule has 96 valence electrons. The predicted molar refractivity (Wildman–Crippen MR) is 74.5 cm³/mol. The van der Waals surface area contributed by atoms with Gasteiger partial charge in [0.05, 0.1) is 10.7 Å². The first kappa shape index (κ1) is 13.0. The highest BCUT2D eigenvalue weighted by Gasteiger charge is 2.25. The minimum atomic E-state index is 0.615. The number of hydrogen-bond acceptors (Lipinski definition) is 3. The van der Waals surface area contributed by atoms with Gasteiger partial charge in [-0.15, -0.1) is 11.3 Å². The number of likely N-dealkylation sites (N-methyl/N-ethyl adjacent to an activating group) is 1. The standard InChI is InChI=1S/C14H24N2S/c1-10-4-6-12(7-5-10)14(15-3)8-13-9-17-11(2)16-13/h9-10,12,14-15H,4-8H2,1-3H3. The quantitative estimate of drug-likeness (QED) is 0.888. The fourth-order valence-corrected chi connectivity index (χ4v) is 3.55. The van der Waals surface area contributed by atoms with Gasteiger partial charge in [-0.1, -0.05) is 19.8 Å². The van der Waals surface area contributed by atoms with Crippen LogP contribution in [0.2, 0.25) is 0 Å². The van der Waals surface area contributed by atoms with Gasteiger partial charge in [0, 0.05) is 17.8 Å². The minimum Gasteiger partial charge on any atom is -0.316 e. The Kier molecular flexibility index (Phi) is 4.57. The first-order valence-electron chi connectivity index (χ1n) is 6.77. The molecule has 0 bridgehead atoms. The van der Waals surface area contributed by atoms with Crippen molar-refractivity contribution in [3.8, 4) is 0 Å². The summed E-state index contributed by atoms with van der Waals surface area (Å²) in [5.41, 5.74) is 1.27. The Balaban J connectivity index is 1.92.